The van der Waals surface area contributed by atoms with Gasteiger partial charge in [0, 0.05) is 38.3 Å². The van der Waals surface area contributed by atoms with Gasteiger partial charge in [-0.2, -0.15) is 4.98 Å². The molecule has 2 aliphatic carbocycles. The fraction of sp³-hybridized carbons (Fsp3) is 0.542. The van der Waals surface area contributed by atoms with Crippen molar-refractivity contribution in [3.05, 3.63) is 47.2 Å². The van der Waals surface area contributed by atoms with Gasteiger partial charge in [-0.25, -0.2) is 9.78 Å². The van der Waals surface area contributed by atoms with E-state index in [2.05, 4.69) is 34.9 Å². The Hall–Kier alpha value is -2.83. The van der Waals surface area contributed by atoms with E-state index in [0.29, 0.717) is 12.6 Å². The Morgan fingerprint density at radius 1 is 1.00 bits per heavy atom. The van der Waals surface area contributed by atoms with Crippen LogP contribution >= 0.6 is 0 Å². The molecule has 2 aromatic rings. The first-order chi connectivity index (χ1) is 15.1. The van der Waals surface area contributed by atoms with Gasteiger partial charge in [-0.15, -0.1) is 0 Å². The highest BCUT2D eigenvalue weighted by atomic mass is 16.2. The highest BCUT2D eigenvalue weighted by Crippen LogP contribution is 2.29. The third kappa shape index (κ3) is 5.66. The molecular formula is C24H34N6O. The third-order valence-corrected chi connectivity index (χ3v) is 6.28. The molecule has 0 saturated heterocycles. The van der Waals surface area contributed by atoms with Crippen LogP contribution < -0.4 is 20.9 Å². The number of urea groups is 1. The smallest absolute Gasteiger partial charge is 0.315 e. The Kier molecular flexibility index (Phi) is 6.89. The zero-order chi connectivity index (χ0) is 21.6. The maximum absolute atomic E-state index is 12.2. The third-order valence-electron chi connectivity index (χ3n) is 6.28. The number of benzene rings is 1. The van der Waals surface area contributed by atoms with Gasteiger partial charge in [0.15, 0.2) is 0 Å². The molecule has 1 aromatic carbocycles. The van der Waals surface area contributed by atoms with Crippen molar-refractivity contribution in [1.29, 1.82) is 0 Å². The molecule has 2 amide bonds. The molecule has 2 aliphatic rings. The van der Waals surface area contributed by atoms with E-state index in [1.165, 1.54) is 24.1 Å². The van der Waals surface area contributed by atoms with Crippen LogP contribution in [-0.4, -0.2) is 42.2 Å². The predicted molar refractivity (Wildman–Crippen MR) is 124 cm³/mol. The molecule has 3 N–H and O–H groups in total. The second kappa shape index (κ2) is 9.98. The highest BCUT2D eigenvalue weighted by Gasteiger charge is 2.24. The van der Waals surface area contributed by atoms with Crippen LogP contribution in [0.15, 0.2) is 30.3 Å². The van der Waals surface area contributed by atoms with Crippen molar-refractivity contribution in [2.45, 2.75) is 70.0 Å². The maximum Gasteiger partial charge on any atom is 0.315 e. The van der Waals surface area contributed by atoms with E-state index >= 15 is 0 Å². The minimum absolute atomic E-state index is 0.0890. The van der Waals surface area contributed by atoms with E-state index in [4.69, 9.17) is 9.97 Å². The zero-order valence-electron chi connectivity index (χ0n) is 18.7. The summed E-state index contributed by atoms with van der Waals surface area (Å²) in [5.41, 5.74) is 3.63. The van der Waals surface area contributed by atoms with Gasteiger partial charge >= 0.3 is 6.03 Å². The number of anilines is 2. The van der Waals surface area contributed by atoms with Crippen LogP contribution in [-0.2, 0) is 19.4 Å². The molecular weight excluding hydrogens is 388 g/mol. The summed E-state index contributed by atoms with van der Waals surface area (Å²) in [5, 5.41) is 9.65. The number of carbonyl (C=O) groups excluding carboxylic acids is 1. The summed E-state index contributed by atoms with van der Waals surface area (Å²) in [6, 6.07) is 10.5. The van der Waals surface area contributed by atoms with Crippen molar-refractivity contribution < 1.29 is 4.79 Å². The van der Waals surface area contributed by atoms with E-state index in [9.17, 15) is 4.79 Å². The van der Waals surface area contributed by atoms with Crippen LogP contribution in [0.5, 0.6) is 0 Å². The Labute approximate surface area is 185 Å². The Morgan fingerprint density at radius 2 is 1.71 bits per heavy atom. The quantitative estimate of drug-likeness (QED) is 0.662. The van der Waals surface area contributed by atoms with Crippen molar-refractivity contribution in [2.75, 3.05) is 24.3 Å². The second-order valence-electron chi connectivity index (χ2n) is 8.90. The minimum Gasteiger partial charge on any atom is -0.362 e. The molecule has 7 nitrogen and oxygen atoms in total. The molecule has 0 spiro atoms. The summed E-state index contributed by atoms with van der Waals surface area (Å²) in [5.74, 6) is 1.80. The summed E-state index contributed by atoms with van der Waals surface area (Å²) >= 11 is 0. The largest absolute Gasteiger partial charge is 0.362 e. The predicted octanol–water partition coefficient (Wildman–Crippen LogP) is 3.64. The van der Waals surface area contributed by atoms with Crippen molar-refractivity contribution in [2.24, 2.45) is 0 Å². The van der Waals surface area contributed by atoms with E-state index in [1.807, 2.05) is 30.3 Å². The van der Waals surface area contributed by atoms with Gasteiger partial charge in [0.25, 0.3) is 0 Å². The number of hydrogen-bond acceptors (Lipinski definition) is 5. The van der Waals surface area contributed by atoms with Crippen LogP contribution in [0.2, 0.25) is 0 Å². The molecule has 0 radical (unpaired) electrons. The number of amides is 2. The number of carbonyl (C=O) groups is 1. The topological polar surface area (TPSA) is 82.2 Å². The van der Waals surface area contributed by atoms with E-state index in [-0.39, 0.29) is 12.1 Å². The monoisotopic (exact) mass is 422 g/mol. The van der Waals surface area contributed by atoms with E-state index in [1.54, 1.807) is 0 Å². The summed E-state index contributed by atoms with van der Waals surface area (Å²) < 4.78 is 0. The molecule has 0 aliphatic heterocycles. The standard InChI is InChI=1S/C24H34N6O/c1-30(2)22-20-10-6-7-11-21(20)28-23(29-22)26-18-12-14-19(15-13-18)27-24(31)25-16-17-8-4-3-5-9-17/h3-5,8-9,18-19H,6-7,10-16H2,1-2H3,(H2,25,27,31)(H,26,28,29)/t18-,19+. The van der Waals surface area contributed by atoms with E-state index in [0.717, 1.165) is 55.9 Å². The first kappa shape index (κ1) is 21.4. The number of hydrogen-bond donors (Lipinski definition) is 3. The Bertz CT molecular complexity index is 877. The van der Waals surface area contributed by atoms with Crippen molar-refractivity contribution in [3.8, 4) is 0 Å². The average molecular weight is 423 g/mol. The molecule has 0 bridgehead atoms. The van der Waals surface area contributed by atoms with Crippen molar-refractivity contribution >= 4 is 17.8 Å². The van der Waals surface area contributed by atoms with Gasteiger partial charge < -0.3 is 20.9 Å². The lowest BCUT2D eigenvalue weighted by atomic mass is 9.91. The van der Waals surface area contributed by atoms with Gasteiger partial charge in [-0.3, -0.25) is 0 Å². The van der Waals surface area contributed by atoms with Crippen LogP contribution in [0, 0.1) is 0 Å². The summed E-state index contributed by atoms with van der Waals surface area (Å²) in [7, 11) is 4.11. The number of aryl methyl sites for hydroxylation is 1. The highest BCUT2D eigenvalue weighted by molar-refractivity contribution is 5.74. The van der Waals surface area contributed by atoms with Crippen LogP contribution in [0.4, 0.5) is 16.6 Å². The van der Waals surface area contributed by atoms with Crippen LogP contribution in [0.3, 0.4) is 0 Å². The molecule has 7 heteroatoms. The number of nitrogens with one attached hydrogen (secondary N) is 3. The lowest BCUT2D eigenvalue weighted by molar-refractivity contribution is 0.231. The number of rotatable bonds is 6. The van der Waals surface area contributed by atoms with Gasteiger partial charge in [-0.05, 0) is 56.9 Å². The number of fused-ring (bicyclic) bond motifs is 1. The molecule has 1 aromatic heterocycles. The number of aromatic nitrogens is 2. The summed E-state index contributed by atoms with van der Waals surface area (Å²) in [4.78, 5) is 24.0. The van der Waals surface area contributed by atoms with Crippen molar-refractivity contribution in [1.82, 2.24) is 20.6 Å². The Morgan fingerprint density at radius 3 is 2.45 bits per heavy atom. The molecule has 0 atom stereocenters. The van der Waals surface area contributed by atoms with Crippen LogP contribution in [0.1, 0.15) is 55.3 Å². The SMILES string of the molecule is CN(C)c1nc(N[C@H]2CC[C@@H](NC(=O)NCc3ccccc3)CC2)nc2c1CCCC2. The summed E-state index contributed by atoms with van der Waals surface area (Å²) in [6.45, 7) is 0.549. The minimum atomic E-state index is -0.0890. The van der Waals surface area contributed by atoms with Crippen molar-refractivity contribution in [3.63, 3.8) is 0 Å². The summed E-state index contributed by atoms with van der Waals surface area (Å²) in [6.07, 6.45) is 8.47. The normalized spacial score (nSPS) is 20.5. The maximum atomic E-state index is 12.2. The first-order valence-electron chi connectivity index (χ1n) is 11.5. The van der Waals surface area contributed by atoms with E-state index < -0.39 is 0 Å². The van der Waals surface area contributed by atoms with Gasteiger partial charge in [0.2, 0.25) is 5.95 Å². The molecule has 0 unspecified atom stereocenters. The Balaban J connectivity index is 1.26. The fourth-order valence-electron chi connectivity index (χ4n) is 4.59. The fourth-order valence-corrected chi connectivity index (χ4v) is 4.59. The van der Waals surface area contributed by atoms with Gasteiger partial charge in [0.05, 0.1) is 5.69 Å². The van der Waals surface area contributed by atoms with Gasteiger partial charge in [0.1, 0.15) is 5.82 Å². The number of nitrogens with zero attached hydrogens (tertiary/aromatic N) is 3. The molecule has 31 heavy (non-hydrogen) atoms. The average Bonchev–Trinajstić information content (AvgIpc) is 2.79. The first-order valence-corrected chi connectivity index (χ1v) is 11.5. The molecule has 1 saturated carbocycles. The van der Waals surface area contributed by atoms with Gasteiger partial charge in [-0.1, -0.05) is 30.3 Å². The van der Waals surface area contributed by atoms with Crippen LogP contribution in [0.25, 0.3) is 0 Å². The lowest BCUT2D eigenvalue weighted by Gasteiger charge is -2.30. The molecule has 1 fully saturated rings. The lowest BCUT2D eigenvalue weighted by Crippen LogP contribution is -2.44. The second-order valence-corrected chi connectivity index (χ2v) is 8.90. The zero-order valence-corrected chi connectivity index (χ0v) is 18.7. The molecule has 4 rings (SSSR count). The molecule has 166 valence electrons. The molecule has 1 heterocycles.